The Kier molecular flexibility index (Phi) is 84.6. The van der Waals surface area contributed by atoms with E-state index in [-0.39, 0.29) is 27.4 Å². The Morgan fingerprint density at radius 2 is 0.500 bits per heavy atom. The third kappa shape index (κ3) is 5070. The van der Waals surface area contributed by atoms with Crippen LogP contribution in [-0.2, 0) is 0 Å². The molecule has 0 heterocycles. The maximum Gasteiger partial charge on any atom is 0.844 e. The molecule has 0 radical (unpaired) electrons. The van der Waals surface area contributed by atoms with E-state index in [9.17, 15) is 16.4 Å². The molecule has 0 saturated heterocycles. The van der Waals surface area contributed by atoms with Gasteiger partial charge in [0.2, 0.25) is 0 Å². The topological polar surface area (TPSA) is 158 Å². The van der Waals surface area contributed by atoms with Crippen LogP contribution < -0.4 is 0 Å². The molecule has 0 bridgehead atoms. The van der Waals surface area contributed by atoms with Crippen LogP contribution in [0.3, 0.4) is 0 Å². The van der Waals surface area contributed by atoms with Crippen molar-refractivity contribution in [3.05, 3.63) is 0 Å². The third-order valence-corrected chi connectivity index (χ3v) is 0. The zero-order valence-electron chi connectivity index (χ0n) is 4.51. The van der Waals surface area contributed by atoms with Crippen molar-refractivity contribution in [1.29, 1.82) is 0 Å². The maximum atomic E-state index is 9.83. The second-order valence-electron chi connectivity index (χ2n) is 0.429. The van der Waals surface area contributed by atoms with Crippen molar-refractivity contribution < 1.29 is 43.8 Å². The minimum atomic E-state index is -6.61. The van der Waals surface area contributed by atoms with Crippen LogP contribution in [0.4, 0.5) is 16.4 Å². The van der Waals surface area contributed by atoms with Crippen molar-refractivity contribution >= 4 is 9.41 Å². The lowest BCUT2D eigenvalue weighted by Gasteiger charge is -1.75. The molecule has 0 spiro atoms. The quantitative estimate of drug-likeness (QED) is 0.221. The van der Waals surface area contributed by atoms with Crippen molar-refractivity contribution in [2.45, 2.75) is 0 Å². The molecular weight excluding hydrogens is 184 g/mol. The van der Waals surface area contributed by atoms with Crippen molar-refractivity contribution in [1.82, 2.24) is 0 Å². The summed E-state index contributed by atoms with van der Waals surface area (Å²) in [5.41, 5.74) is 0. The van der Waals surface area contributed by atoms with Gasteiger partial charge < -0.3 is 27.4 Å². The lowest BCUT2D eigenvalue weighted by Crippen LogP contribution is -2.02. The lowest BCUT2D eigenvalue weighted by atomic mass is 16.0. The Morgan fingerprint density at radius 1 is 0.500 bits per heavy atom. The van der Waals surface area contributed by atoms with Gasteiger partial charge in [-0.2, -0.15) is 0 Å². The molecule has 0 aliphatic heterocycles. The number of hydrogen-bond donors (Lipinski definition) is 0. The highest BCUT2D eigenvalue weighted by Gasteiger charge is 2.39. The second-order valence-corrected chi connectivity index (χ2v) is 1.29. The van der Waals surface area contributed by atoms with E-state index < -0.39 is 9.41 Å². The molecule has 0 atom stereocenters. The molecule has 10 heavy (non-hydrogen) atoms. The molecule has 0 aliphatic rings. The van der Waals surface area contributed by atoms with Crippen molar-refractivity contribution in [2.24, 2.45) is 0 Å². The Hall–Kier alpha value is -0.263. The van der Waals surface area contributed by atoms with Crippen molar-refractivity contribution in [3.63, 3.8) is 0 Å². The molecule has 0 aromatic carbocycles. The highest BCUT2D eigenvalue weighted by molar-refractivity contribution is 6.50. The Balaban J connectivity index is -0.00000000800. The van der Waals surface area contributed by atoms with E-state index in [1.54, 1.807) is 0 Å². The maximum absolute atomic E-state index is 9.83. The van der Waals surface area contributed by atoms with E-state index in [2.05, 4.69) is 0 Å². The summed E-state index contributed by atoms with van der Waals surface area (Å²) >= 11 is 0. The SMILES string of the molecule is F[Si](F)(F)F.O.O.O.O.O. The summed E-state index contributed by atoms with van der Waals surface area (Å²) < 4.78 is 39.3. The second kappa shape index (κ2) is 15.9. The fourth-order valence-corrected chi connectivity index (χ4v) is 0. The van der Waals surface area contributed by atoms with Crippen LogP contribution >= 0.6 is 0 Å². The Bertz CT molecular complexity index is 29.1. The predicted molar refractivity (Wildman–Crippen MR) is 28.3 cm³/mol. The van der Waals surface area contributed by atoms with Crippen molar-refractivity contribution in [2.75, 3.05) is 0 Å². The highest BCUT2D eigenvalue weighted by atomic mass is 28.5. The normalized spacial score (nSPS) is 6.00. The minimum absolute atomic E-state index is 0. The number of rotatable bonds is 0. The summed E-state index contributed by atoms with van der Waals surface area (Å²) in [6.45, 7) is 0. The van der Waals surface area contributed by atoms with E-state index >= 15 is 0 Å². The predicted octanol–water partition coefficient (Wildman–Crippen LogP) is -2.82. The fourth-order valence-electron chi connectivity index (χ4n) is 0. The van der Waals surface area contributed by atoms with Gasteiger partial charge >= 0.3 is 9.41 Å². The standard InChI is InChI=1S/F4Si.5H2O/c1-5(2,3)4;;;;;/h;5*1H2. The summed E-state index contributed by atoms with van der Waals surface area (Å²) in [6.07, 6.45) is 0. The van der Waals surface area contributed by atoms with E-state index in [0.717, 1.165) is 0 Å². The highest BCUT2D eigenvalue weighted by Crippen LogP contribution is 2.06. The number of hydrogen-bond acceptors (Lipinski definition) is 0. The first kappa shape index (κ1) is 53.2. The molecule has 0 aliphatic carbocycles. The molecule has 0 aromatic heterocycles. The molecule has 0 saturated carbocycles. The van der Waals surface area contributed by atoms with E-state index in [4.69, 9.17) is 0 Å². The van der Waals surface area contributed by atoms with Gasteiger partial charge in [0.25, 0.3) is 0 Å². The van der Waals surface area contributed by atoms with E-state index in [1.807, 2.05) is 0 Å². The molecule has 5 nitrogen and oxygen atoms in total. The Morgan fingerprint density at radius 3 is 0.500 bits per heavy atom. The van der Waals surface area contributed by atoms with Gasteiger partial charge in [-0.05, 0) is 0 Å². The molecule has 10 N–H and O–H groups in total. The summed E-state index contributed by atoms with van der Waals surface area (Å²) in [4.78, 5) is 0. The zero-order valence-corrected chi connectivity index (χ0v) is 5.51. The monoisotopic (exact) mass is 194 g/mol. The van der Waals surface area contributed by atoms with Gasteiger partial charge in [0.1, 0.15) is 0 Å². The van der Waals surface area contributed by atoms with Gasteiger partial charge in [0, 0.05) is 0 Å². The molecule has 72 valence electrons. The average Bonchev–Trinajstić information content (AvgIpc) is 0.722. The smallest absolute Gasteiger partial charge is 0.412 e. The van der Waals surface area contributed by atoms with Crippen LogP contribution in [-0.4, -0.2) is 36.8 Å². The molecule has 0 unspecified atom stereocenters. The Labute approximate surface area is 54.5 Å². The van der Waals surface area contributed by atoms with Crippen LogP contribution in [0, 0.1) is 0 Å². The lowest BCUT2D eigenvalue weighted by molar-refractivity contribution is 0.368. The number of halogens is 4. The van der Waals surface area contributed by atoms with Gasteiger partial charge in [-0.15, -0.1) is 0 Å². The molecule has 0 aromatic rings. The van der Waals surface area contributed by atoms with Gasteiger partial charge in [0.05, 0.1) is 0 Å². The van der Waals surface area contributed by atoms with Crippen LogP contribution in [0.15, 0.2) is 0 Å². The van der Waals surface area contributed by atoms with Gasteiger partial charge in [-0.25, -0.2) is 16.4 Å². The first-order chi connectivity index (χ1) is 2.00. The summed E-state index contributed by atoms with van der Waals surface area (Å²) in [6, 6.07) is 0. The summed E-state index contributed by atoms with van der Waals surface area (Å²) in [5, 5.41) is 0. The van der Waals surface area contributed by atoms with E-state index in [0.29, 0.717) is 0 Å². The molecular formula is H10F4O5Si. The first-order valence-electron chi connectivity index (χ1n) is 0.756. The van der Waals surface area contributed by atoms with E-state index in [1.165, 1.54) is 0 Å². The molecule has 10 heteroatoms. The van der Waals surface area contributed by atoms with Crippen LogP contribution in [0.25, 0.3) is 0 Å². The molecule has 0 amide bonds. The molecule has 0 fully saturated rings. The van der Waals surface area contributed by atoms with Crippen LogP contribution in [0.1, 0.15) is 0 Å². The van der Waals surface area contributed by atoms with Gasteiger partial charge in [0.15, 0.2) is 0 Å². The van der Waals surface area contributed by atoms with Crippen molar-refractivity contribution in [3.8, 4) is 0 Å². The van der Waals surface area contributed by atoms with Crippen LogP contribution in [0.5, 0.6) is 0 Å². The largest absolute Gasteiger partial charge is 0.844 e. The minimum Gasteiger partial charge on any atom is -0.412 e. The van der Waals surface area contributed by atoms with Gasteiger partial charge in [-0.1, -0.05) is 0 Å². The molecule has 0 rings (SSSR count). The summed E-state index contributed by atoms with van der Waals surface area (Å²) in [7, 11) is -6.61. The zero-order chi connectivity index (χ0) is 4.50. The van der Waals surface area contributed by atoms with Crippen LogP contribution in [0.2, 0.25) is 0 Å². The fraction of sp³-hybridized carbons (Fsp3) is 0. The average molecular weight is 194 g/mol. The summed E-state index contributed by atoms with van der Waals surface area (Å²) in [5.74, 6) is 0. The first-order valence-corrected chi connectivity index (χ1v) is 2.27. The van der Waals surface area contributed by atoms with Gasteiger partial charge in [-0.3, -0.25) is 0 Å². The third-order valence-electron chi connectivity index (χ3n) is 0.